The predicted octanol–water partition coefficient (Wildman–Crippen LogP) is 3.16. The van der Waals surface area contributed by atoms with Gasteiger partial charge in [0.15, 0.2) is 0 Å². The molecule has 1 fully saturated rings. The Morgan fingerprint density at radius 1 is 1.29 bits per heavy atom. The van der Waals surface area contributed by atoms with Gasteiger partial charge >= 0.3 is 6.18 Å². The maximum atomic E-state index is 12.5. The highest BCUT2D eigenvalue weighted by molar-refractivity contribution is 5.31. The van der Waals surface area contributed by atoms with Gasteiger partial charge in [0, 0.05) is 12.2 Å². The van der Waals surface area contributed by atoms with E-state index < -0.39 is 11.7 Å². The third-order valence-corrected chi connectivity index (χ3v) is 2.97. The van der Waals surface area contributed by atoms with Crippen molar-refractivity contribution in [2.75, 3.05) is 5.32 Å². The van der Waals surface area contributed by atoms with Crippen molar-refractivity contribution in [2.45, 2.75) is 44.8 Å². The fourth-order valence-electron chi connectivity index (χ4n) is 2.07. The Morgan fingerprint density at radius 2 is 1.94 bits per heavy atom. The quantitative estimate of drug-likeness (QED) is 0.869. The van der Waals surface area contributed by atoms with Crippen molar-refractivity contribution in [3.05, 3.63) is 17.5 Å². The van der Waals surface area contributed by atoms with Crippen LogP contribution in [0.4, 0.5) is 19.1 Å². The molecule has 2 rings (SSSR count). The fourth-order valence-corrected chi connectivity index (χ4v) is 2.07. The second-order valence-electron chi connectivity index (χ2n) is 4.32. The molecule has 0 unspecified atom stereocenters. The number of aromatic nitrogens is 2. The highest BCUT2D eigenvalue weighted by atomic mass is 19.4. The molecule has 3 nitrogen and oxygen atoms in total. The Labute approximate surface area is 97.5 Å². The third-order valence-electron chi connectivity index (χ3n) is 2.97. The first-order chi connectivity index (χ1) is 7.97. The normalized spacial score (nSPS) is 17.4. The maximum absolute atomic E-state index is 12.5. The summed E-state index contributed by atoms with van der Waals surface area (Å²) in [5, 5.41) is 3.07. The lowest BCUT2D eigenvalue weighted by atomic mass is 10.2. The molecule has 0 amide bonds. The van der Waals surface area contributed by atoms with Crippen LogP contribution in [-0.4, -0.2) is 16.0 Å². The Hall–Kier alpha value is -1.33. The summed E-state index contributed by atoms with van der Waals surface area (Å²) >= 11 is 0. The molecule has 1 saturated carbocycles. The van der Waals surface area contributed by atoms with E-state index >= 15 is 0 Å². The Kier molecular flexibility index (Phi) is 3.22. The molecule has 6 heteroatoms. The zero-order valence-corrected chi connectivity index (χ0v) is 9.51. The molecule has 1 aliphatic rings. The van der Waals surface area contributed by atoms with Gasteiger partial charge in [-0.15, -0.1) is 0 Å². The van der Waals surface area contributed by atoms with E-state index in [0.29, 0.717) is 12.0 Å². The summed E-state index contributed by atoms with van der Waals surface area (Å²) in [6.07, 6.45) is 0.830. The molecule has 0 bridgehead atoms. The topological polar surface area (TPSA) is 37.8 Å². The molecule has 1 aliphatic carbocycles. The molecule has 0 radical (unpaired) electrons. The van der Waals surface area contributed by atoms with Crippen LogP contribution in [0, 0.1) is 6.92 Å². The monoisotopic (exact) mass is 245 g/mol. The molecular weight excluding hydrogens is 231 g/mol. The van der Waals surface area contributed by atoms with Gasteiger partial charge in [-0.25, -0.2) is 9.97 Å². The molecule has 1 heterocycles. The molecule has 1 aromatic heterocycles. The van der Waals surface area contributed by atoms with Gasteiger partial charge in [-0.1, -0.05) is 12.8 Å². The molecule has 0 atom stereocenters. The number of nitrogens with one attached hydrogen (secondary N) is 1. The second-order valence-corrected chi connectivity index (χ2v) is 4.32. The van der Waals surface area contributed by atoms with E-state index in [1.54, 1.807) is 0 Å². The van der Waals surface area contributed by atoms with Crippen molar-refractivity contribution < 1.29 is 13.2 Å². The highest BCUT2D eigenvalue weighted by Crippen LogP contribution is 2.31. The predicted molar refractivity (Wildman–Crippen MR) is 57.6 cm³/mol. The maximum Gasteiger partial charge on any atom is 0.419 e. The van der Waals surface area contributed by atoms with Crippen LogP contribution in [0.15, 0.2) is 6.20 Å². The van der Waals surface area contributed by atoms with E-state index in [0.717, 1.165) is 31.9 Å². The Bertz CT molecular complexity index is 397. The average Bonchev–Trinajstić information content (AvgIpc) is 2.68. The first-order valence-corrected chi connectivity index (χ1v) is 5.64. The van der Waals surface area contributed by atoms with Crippen molar-refractivity contribution in [1.29, 1.82) is 0 Å². The number of anilines is 1. The van der Waals surface area contributed by atoms with E-state index in [4.69, 9.17) is 0 Å². The van der Waals surface area contributed by atoms with Crippen LogP contribution in [0.1, 0.15) is 36.9 Å². The van der Waals surface area contributed by atoms with E-state index in [1.807, 2.05) is 0 Å². The highest BCUT2D eigenvalue weighted by Gasteiger charge is 2.33. The van der Waals surface area contributed by atoms with Crippen LogP contribution in [0.3, 0.4) is 0 Å². The fraction of sp³-hybridized carbons (Fsp3) is 0.636. The summed E-state index contributed by atoms with van der Waals surface area (Å²) in [5.41, 5.74) is -0.803. The number of halogens is 3. The summed E-state index contributed by atoms with van der Waals surface area (Å²) in [4.78, 5) is 7.59. The van der Waals surface area contributed by atoms with Crippen molar-refractivity contribution in [3.8, 4) is 0 Å². The Morgan fingerprint density at radius 3 is 2.47 bits per heavy atom. The van der Waals surface area contributed by atoms with Gasteiger partial charge in [-0.2, -0.15) is 13.2 Å². The third kappa shape index (κ3) is 2.87. The summed E-state index contributed by atoms with van der Waals surface area (Å²) in [6.45, 7) is 1.35. The van der Waals surface area contributed by atoms with Gasteiger partial charge < -0.3 is 5.32 Å². The first kappa shape index (κ1) is 12.1. The van der Waals surface area contributed by atoms with Crippen LogP contribution >= 0.6 is 0 Å². The summed E-state index contributed by atoms with van der Waals surface area (Å²) < 4.78 is 37.5. The lowest BCUT2D eigenvalue weighted by Crippen LogP contribution is -2.18. The number of hydrogen-bond donors (Lipinski definition) is 1. The van der Waals surface area contributed by atoms with Crippen LogP contribution in [0.5, 0.6) is 0 Å². The molecule has 1 aromatic rings. The molecule has 0 aromatic carbocycles. The van der Waals surface area contributed by atoms with E-state index in [-0.39, 0.29) is 5.69 Å². The first-order valence-electron chi connectivity index (χ1n) is 5.64. The SMILES string of the molecule is Cc1nc(NC2CCCC2)ncc1C(F)(F)F. The molecule has 0 spiro atoms. The molecule has 17 heavy (non-hydrogen) atoms. The molecule has 94 valence electrons. The van der Waals surface area contributed by atoms with Gasteiger partial charge in [-0.05, 0) is 19.8 Å². The summed E-state index contributed by atoms with van der Waals surface area (Å²) in [5.74, 6) is 0.294. The minimum atomic E-state index is -4.38. The lowest BCUT2D eigenvalue weighted by Gasteiger charge is -2.14. The average molecular weight is 245 g/mol. The van der Waals surface area contributed by atoms with E-state index in [2.05, 4.69) is 15.3 Å². The van der Waals surface area contributed by atoms with Gasteiger partial charge in [0.1, 0.15) is 0 Å². The van der Waals surface area contributed by atoms with Crippen molar-refractivity contribution in [3.63, 3.8) is 0 Å². The molecule has 1 N–H and O–H groups in total. The van der Waals surface area contributed by atoms with Crippen LogP contribution < -0.4 is 5.32 Å². The minimum Gasteiger partial charge on any atom is -0.351 e. The zero-order chi connectivity index (χ0) is 12.5. The smallest absolute Gasteiger partial charge is 0.351 e. The van der Waals surface area contributed by atoms with Crippen molar-refractivity contribution in [2.24, 2.45) is 0 Å². The van der Waals surface area contributed by atoms with Crippen LogP contribution in [0.2, 0.25) is 0 Å². The molecule has 0 aliphatic heterocycles. The van der Waals surface area contributed by atoms with Crippen molar-refractivity contribution in [1.82, 2.24) is 9.97 Å². The second kappa shape index (κ2) is 4.50. The number of hydrogen-bond acceptors (Lipinski definition) is 3. The van der Waals surface area contributed by atoms with Crippen LogP contribution in [-0.2, 0) is 6.18 Å². The van der Waals surface area contributed by atoms with Gasteiger partial charge in [0.05, 0.1) is 11.3 Å². The van der Waals surface area contributed by atoms with E-state index in [1.165, 1.54) is 6.92 Å². The lowest BCUT2D eigenvalue weighted by molar-refractivity contribution is -0.138. The number of aryl methyl sites for hydroxylation is 1. The van der Waals surface area contributed by atoms with Crippen molar-refractivity contribution >= 4 is 5.95 Å². The number of rotatable bonds is 2. The van der Waals surface area contributed by atoms with Gasteiger partial charge in [0.2, 0.25) is 5.95 Å². The summed E-state index contributed by atoms with van der Waals surface area (Å²) in [7, 11) is 0. The zero-order valence-electron chi connectivity index (χ0n) is 9.51. The van der Waals surface area contributed by atoms with E-state index in [9.17, 15) is 13.2 Å². The number of nitrogens with zero attached hydrogens (tertiary/aromatic N) is 2. The van der Waals surface area contributed by atoms with Crippen LogP contribution in [0.25, 0.3) is 0 Å². The number of alkyl halides is 3. The standard InChI is InChI=1S/C11H14F3N3/c1-7-9(11(12,13)14)6-15-10(16-7)17-8-4-2-3-5-8/h6,8H,2-5H2,1H3,(H,15,16,17). The van der Waals surface area contributed by atoms with Gasteiger partial charge in [0.25, 0.3) is 0 Å². The van der Waals surface area contributed by atoms with Gasteiger partial charge in [-0.3, -0.25) is 0 Å². The molecule has 0 saturated heterocycles. The Balaban J connectivity index is 2.13. The minimum absolute atomic E-state index is 0.0343. The largest absolute Gasteiger partial charge is 0.419 e. The molecular formula is C11H14F3N3. The summed E-state index contributed by atoms with van der Waals surface area (Å²) in [6, 6.07) is 0.297.